The zero-order valence-corrected chi connectivity index (χ0v) is 17.2. The van der Waals surface area contributed by atoms with E-state index in [-0.39, 0.29) is 12.4 Å². The molecule has 0 aromatic rings. The van der Waals surface area contributed by atoms with Gasteiger partial charge in [0.15, 0.2) is 6.29 Å². The van der Waals surface area contributed by atoms with Crippen LogP contribution in [0.5, 0.6) is 0 Å². The van der Waals surface area contributed by atoms with Crippen molar-refractivity contribution in [3.8, 4) is 0 Å². The Morgan fingerprint density at radius 3 is 2.15 bits per heavy atom. The number of hydrogen-bond donors (Lipinski definition) is 1. The van der Waals surface area contributed by atoms with Gasteiger partial charge in [0, 0.05) is 0 Å². The zero-order valence-electron chi connectivity index (χ0n) is 17.2. The molecule has 1 fully saturated rings. The van der Waals surface area contributed by atoms with Crippen LogP contribution >= 0.6 is 0 Å². The van der Waals surface area contributed by atoms with Crippen LogP contribution in [-0.2, 0) is 9.47 Å². The monoisotopic (exact) mass is 365 g/mol. The van der Waals surface area contributed by atoms with Crippen LogP contribution in [0.1, 0.15) is 96.8 Å². The molecule has 0 aromatic carbocycles. The summed E-state index contributed by atoms with van der Waals surface area (Å²) >= 11 is 0. The Labute approximate surface area is 162 Å². The molecule has 0 saturated carbocycles. The van der Waals surface area contributed by atoms with E-state index in [0.717, 1.165) is 25.9 Å². The second kappa shape index (κ2) is 17.8. The first kappa shape index (κ1) is 23.4. The molecule has 2 atom stereocenters. The van der Waals surface area contributed by atoms with Crippen LogP contribution in [0.25, 0.3) is 0 Å². The van der Waals surface area contributed by atoms with E-state index < -0.39 is 0 Å². The molecule has 152 valence electrons. The SMILES string of the molecule is CCCCC/C=C\C/C=C\CCCCCCCCC1OCC(CCN)O1. The highest BCUT2D eigenvalue weighted by Gasteiger charge is 2.24. The van der Waals surface area contributed by atoms with Crippen LogP contribution in [0.3, 0.4) is 0 Å². The third kappa shape index (κ3) is 13.5. The van der Waals surface area contributed by atoms with Gasteiger partial charge in [-0.3, -0.25) is 0 Å². The normalized spacial score (nSPS) is 20.7. The molecule has 0 radical (unpaired) electrons. The van der Waals surface area contributed by atoms with Gasteiger partial charge in [0.25, 0.3) is 0 Å². The Morgan fingerprint density at radius 1 is 0.808 bits per heavy atom. The molecule has 3 heteroatoms. The van der Waals surface area contributed by atoms with Gasteiger partial charge in [-0.05, 0) is 57.9 Å². The van der Waals surface area contributed by atoms with Crippen molar-refractivity contribution in [2.75, 3.05) is 13.2 Å². The maximum Gasteiger partial charge on any atom is 0.158 e. The minimum atomic E-state index is 0.0254. The summed E-state index contributed by atoms with van der Waals surface area (Å²) in [6.45, 7) is 3.67. The molecule has 1 saturated heterocycles. The number of allylic oxidation sites excluding steroid dienone is 4. The van der Waals surface area contributed by atoms with Gasteiger partial charge < -0.3 is 15.2 Å². The minimum absolute atomic E-state index is 0.0254. The van der Waals surface area contributed by atoms with E-state index in [4.69, 9.17) is 15.2 Å². The van der Waals surface area contributed by atoms with Crippen molar-refractivity contribution in [1.82, 2.24) is 0 Å². The van der Waals surface area contributed by atoms with E-state index >= 15 is 0 Å². The molecule has 0 amide bonds. The quantitative estimate of drug-likeness (QED) is 0.244. The van der Waals surface area contributed by atoms with Crippen molar-refractivity contribution in [3.63, 3.8) is 0 Å². The predicted molar refractivity (Wildman–Crippen MR) is 112 cm³/mol. The van der Waals surface area contributed by atoms with Crippen LogP contribution in [-0.4, -0.2) is 25.5 Å². The first-order valence-electron chi connectivity index (χ1n) is 11.1. The molecule has 1 heterocycles. The molecule has 2 unspecified atom stereocenters. The first-order valence-corrected chi connectivity index (χ1v) is 11.1. The van der Waals surface area contributed by atoms with Gasteiger partial charge in [-0.15, -0.1) is 0 Å². The fraction of sp³-hybridized carbons (Fsp3) is 0.826. The van der Waals surface area contributed by atoms with E-state index in [1.54, 1.807) is 0 Å². The number of unbranched alkanes of at least 4 members (excludes halogenated alkanes) is 9. The van der Waals surface area contributed by atoms with E-state index in [1.807, 2.05) is 0 Å². The smallest absolute Gasteiger partial charge is 0.158 e. The molecule has 26 heavy (non-hydrogen) atoms. The van der Waals surface area contributed by atoms with Gasteiger partial charge in [-0.25, -0.2) is 0 Å². The summed E-state index contributed by atoms with van der Waals surface area (Å²) in [7, 11) is 0. The van der Waals surface area contributed by atoms with E-state index in [9.17, 15) is 0 Å². The maximum absolute atomic E-state index is 5.81. The van der Waals surface area contributed by atoms with Crippen LogP contribution < -0.4 is 5.73 Å². The molecule has 0 bridgehead atoms. The molecular weight excluding hydrogens is 322 g/mol. The van der Waals surface area contributed by atoms with E-state index in [1.165, 1.54) is 70.6 Å². The van der Waals surface area contributed by atoms with Crippen molar-refractivity contribution >= 4 is 0 Å². The van der Waals surface area contributed by atoms with E-state index in [0.29, 0.717) is 6.54 Å². The van der Waals surface area contributed by atoms with Crippen molar-refractivity contribution < 1.29 is 9.47 Å². The molecule has 2 N–H and O–H groups in total. The van der Waals surface area contributed by atoms with Crippen LogP contribution in [0, 0.1) is 0 Å². The highest BCUT2D eigenvalue weighted by atomic mass is 16.7. The van der Waals surface area contributed by atoms with Gasteiger partial charge in [0.1, 0.15) is 0 Å². The molecule has 1 rings (SSSR count). The number of ether oxygens (including phenoxy) is 2. The van der Waals surface area contributed by atoms with Gasteiger partial charge in [0.2, 0.25) is 0 Å². The Kier molecular flexibility index (Phi) is 16.0. The highest BCUT2D eigenvalue weighted by molar-refractivity contribution is 4.92. The summed E-state index contributed by atoms with van der Waals surface area (Å²) in [5, 5.41) is 0. The van der Waals surface area contributed by atoms with Gasteiger partial charge in [-0.2, -0.15) is 0 Å². The summed E-state index contributed by atoms with van der Waals surface area (Å²) in [5.41, 5.74) is 5.55. The second-order valence-electron chi connectivity index (χ2n) is 7.47. The van der Waals surface area contributed by atoms with Crippen LogP contribution in [0.4, 0.5) is 0 Å². The van der Waals surface area contributed by atoms with Crippen molar-refractivity contribution in [3.05, 3.63) is 24.3 Å². The van der Waals surface area contributed by atoms with Crippen molar-refractivity contribution in [1.29, 1.82) is 0 Å². The standard InChI is InChI=1S/C23H43NO2/c1-2-3-4-5-6-7-8-9-10-11-12-13-14-15-16-17-18-23-25-21-22(26-23)19-20-24/h6-7,9-10,22-23H,2-5,8,11-21,24H2,1H3/b7-6-,10-9-. The third-order valence-corrected chi connectivity index (χ3v) is 4.94. The van der Waals surface area contributed by atoms with Crippen molar-refractivity contribution in [2.45, 2.75) is 109 Å². The Morgan fingerprint density at radius 2 is 1.46 bits per heavy atom. The predicted octanol–water partition coefficient (Wildman–Crippen LogP) is 6.28. The second-order valence-corrected chi connectivity index (χ2v) is 7.47. The summed E-state index contributed by atoms with van der Waals surface area (Å²) in [6.07, 6.45) is 27.0. The Bertz CT molecular complexity index is 354. The third-order valence-electron chi connectivity index (χ3n) is 4.94. The lowest BCUT2D eigenvalue weighted by molar-refractivity contribution is -0.0637. The Hall–Kier alpha value is -0.640. The average molecular weight is 366 g/mol. The highest BCUT2D eigenvalue weighted by Crippen LogP contribution is 2.19. The molecule has 1 aliphatic rings. The largest absolute Gasteiger partial charge is 0.350 e. The van der Waals surface area contributed by atoms with Crippen LogP contribution in [0.15, 0.2) is 24.3 Å². The number of hydrogen-bond acceptors (Lipinski definition) is 3. The lowest BCUT2D eigenvalue weighted by Crippen LogP contribution is -2.16. The summed E-state index contributed by atoms with van der Waals surface area (Å²) in [5.74, 6) is 0. The fourth-order valence-corrected chi connectivity index (χ4v) is 3.30. The van der Waals surface area contributed by atoms with Gasteiger partial charge in [0.05, 0.1) is 12.7 Å². The van der Waals surface area contributed by atoms with E-state index in [2.05, 4.69) is 31.2 Å². The van der Waals surface area contributed by atoms with Crippen molar-refractivity contribution in [2.24, 2.45) is 5.73 Å². The fourth-order valence-electron chi connectivity index (χ4n) is 3.30. The van der Waals surface area contributed by atoms with Gasteiger partial charge in [-0.1, -0.05) is 69.8 Å². The molecule has 0 aromatic heterocycles. The first-order chi connectivity index (χ1) is 12.9. The van der Waals surface area contributed by atoms with Crippen LogP contribution in [0.2, 0.25) is 0 Å². The molecule has 1 aliphatic heterocycles. The molecule has 0 aliphatic carbocycles. The molecule has 3 nitrogen and oxygen atoms in total. The molecular formula is C23H43NO2. The molecule has 0 spiro atoms. The summed E-state index contributed by atoms with van der Waals surface area (Å²) in [6, 6.07) is 0. The number of nitrogens with two attached hydrogens (primary N) is 1. The lowest BCUT2D eigenvalue weighted by Gasteiger charge is -2.10. The lowest BCUT2D eigenvalue weighted by atomic mass is 10.1. The van der Waals surface area contributed by atoms with Gasteiger partial charge >= 0.3 is 0 Å². The minimum Gasteiger partial charge on any atom is -0.350 e. The topological polar surface area (TPSA) is 44.5 Å². The average Bonchev–Trinajstić information content (AvgIpc) is 3.09. The number of rotatable bonds is 17. The maximum atomic E-state index is 5.81. The zero-order chi connectivity index (χ0) is 18.7. The Balaban J connectivity index is 1.79. The summed E-state index contributed by atoms with van der Waals surface area (Å²) in [4.78, 5) is 0. The summed E-state index contributed by atoms with van der Waals surface area (Å²) < 4.78 is 11.5.